The molecule has 0 saturated heterocycles. The zero-order valence-electron chi connectivity index (χ0n) is 7.70. The number of rotatable bonds is 0. The van der Waals surface area contributed by atoms with E-state index in [2.05, 4.69) is 29.3 Å². The van der Waals surface area contributed by atoms with Crippen molar-refractivity contribution in [1.82, 2.24) is 0 Å². The molecule has 2 heteroatoms. The molecule has 68 valence electrons. The minimum Gasteiger partial charge on any atom is -0.387 e. The van der Waals surface area contributed by atoms with Gasteiger partial charge in [0.25, 0.3) is 0 Å². The van der Waals surface area contributed by atoms with Gasteiger partial charge < -0.3 is 5.73 Å². The molecule has 0 amide bonds. The van der Waals surface area contributed by atoms with Crippen molar-refractivity contribution >= 4 is 22.3 Å². The van der Waals surface area contributed by atoms with Crippen LogP contribution in [0.4, 0.5) is 5.69 Å². The fourth-order valence-electron chi connectivity index (χ4n) is 1.99. The monoisotopic (exact) mass is 182 g/mol. The van der Waals surface area contributed by atoms with Crippen LogP contribution in [0.1, 0.15) is 5.56 Å². The lowest BCUT2D eigenvalue weighted by Gasteiger charge is -2.02. The van der Waals surface area contributed by atoms with Crippen LogP contribution in [0.15, 0.2) is 41.4 Å². The van der Waals surface area contributed by atoms with Gasteiger partial charge in [0.05, 0.1) is 5.69 Å². The fourth-order valence-corrected chi connectivity index (χ4v) is 1.99. The van der Waals surface area contributed by atoms with Crippen molar-refractivity contribution < 1.29 is 0 Å². The fraction of sp³-hybridized carbons (Fsp3) is 0.0833. The van der Waals surface area contributed by atoms with Gasteiger partial charge in [-0.1, -0.05) is 30.3 Å². The van der Waals surface area contributed by atoms with Gasteiger partial charge in [-0.2, -0.15) is 0 Å². The largest absolute Gasteiger partial charge is 0.387 e. The Bertz CT molecular complexity index is 541. The van der Waals surface area contributed by atoms with Crippen LogP contribution in [-0.4, -0.2) is 5.84 Å². The molecule has 14 heavy (non-hydrogen) atoms. The smallest absolute Gasteiger partial charge is 0.104 e. The zero-order chi connectivity index (χ0) is 9.54. The van der Waals surface area contributed by atoms with E-state index in [0.29, 0.717) is 0 Å². The third-order valence-corrected chi connectivity index (χ3v) is 2.64. The first-order valence-electron chi connectivity index (χ1n) is 4.68. The predicted octanol–water partition coefficient (Wildman–Crippen LogP) is 2.38. The van der Waals surface area contributed by atoms with Gasteiger partial charge in [-0.05, 0) is 22.4 Å². The molecule has 0 saturated carbocycles. The van der Waals surface area contributed by atoms with E-state index in [1.54, 1.807) is 0 Å². The Balaban J connectivity index is 2.38. The first kappa shape index (κ1) is 7.56. The topological polar surface area (TPSA) is 38.4 Å². The number of nitrogens with two attached hydrogens (primary N) is 1. The van der Waals surface area contributed by atoms with Crippen LogP contribution in [0, 0.1) is 0 Å². The van der Waals surface area contributed by atoms with E-state index < -0.39 is 0 Å². The first-order valence-corrected chi connectivity index (χ1v) is 4.68. The molecule has 1 aliphatic rings. The van der Waals surface area contributed by atoms with Crippen LogP contribution in [0.3, 0.4) is 0 Å². The number of aliphatic imine (C=N–C) groups is 1. The van der Waals surface area contributed by atoms with Crippen LogP contribution in [0.2, 0.25) is 0 Å². The average Bonchev–Trinajstić information content (AvgIpc) is 2.59. The highest BCUT2D eigenvalue weighted by molar-refractivity contribution is 5.99. The summed E-state index contributed by atoms with van der Waals surface area (Å²) in [4.78, 5) is 4.30. The Morgan fingerprint density at radius 2 is 1.93 bits per heavy atom. The second-order valence-corrected chi connectivity index (χ2v) is 3.56. The van der Waals surface area contributed by atoms with Gasteiger partial charge in [-0.25, -0.2) is 4.99 Å². The van der Waals surface area contributed by atoms with Crippen LogP contribution in [-0.2, 0) is 6.42 Å². The average molecular weight is 182 g/mol. The number of hydrogen-bond acceptors (Lipinski definition) is 2. The summed E-state index contributed by atoms with van der Waals surface area (Å²) in [6.07, 6.45) is 0.788. The lowest BCUT2D eigenvalue weighted by atomic mass is 10.0. The zero-order valence-corrected chi connectivity index (χ0v) is 7.70. The molecule has 0 aromatic heterocycles. The van der Waals surface area contributed by atoms with E-state index in [0.717, 1.165) is 17.9 Å². The summed E-state index contributed by atoms with van der Waals surface area (Å²) >= 11 is 0. The molecule has 2 nitrogen and oxygen atoms in total. The van der Waals surface area contributed by atoms with Crippen molar-refractivity contribution in [3.8, 4) is 0 Å². The van der Waals surface area contributed by atoms with E-state index >= 15 is 0 Å². The molecule has 0 aliphatic carbocycles. The molecule has 1 aliphatic heterocycles. The number of benzene rings is 2. The standard InChI is InChI=1S/C12H10N2/c13-12-7-10-9-4-2-1-3-8(9)5-6-11(10)14-12/h1-6H,7H2,(H2,13,14). The van der Waals surface area contributed by atoms with Crippen molar-refractivity contribution in [2.24, 2.45) is 10.7 Å². The second kappa shape index (κ2) is 2.58. The van der Waals surface area contributed by atoms with Crippen LogP contribution in [0.5, 0.6) is 0 Å². The molecule has 0 unspecified atom stereocenters. The van der Waals surface area contributed by atoms with Crippen molar-refractivity contribution in [1.29, 1.82) is 0 Å². The molecule has 0 bridgehead atoms. The minimum atomic E-state index is 0.719. The Kier molecular flexibility index (Phi) is 1.39. The Hall–Kier alpha value is -1.83. The lowest BCUT2D eigenvalue weighted by Crippen LogP contribution is -2.09. The molecule has 3 rings (SSSR count). The SMILES string of the molecule is NC1=Nc2ccc3ccccc3c2C1. The van der Waals surface area contributed by atoms with Crippen LogP contribution >= 0.6 is 0 Å². The molecule has 1 heterocycles. The maximum Gasteiger partial charge on any atom is 0.104 e. The summed E-state index contributed by atoms with van der Waals surface area (Å²) in [6.45, 7) is 0. The van der Waals surface area contributed by atoms with Gasteiger partial charge in [-0.3, -0.25) is 0 Å². The number of fused-ring (bicyclic) bond motifs is 3. The maximum atomic E-state index is 5.73. The van der Waals surface area contributed by atoms with Crippen LogP contribution in [0.25, 0.3) is 10.8 Å². The van der Waals surface area contributed by atoms with E-state index in [9.17, 15) is 0 Å². The third-order valence-electron chi connectivity index (χ3n) is 2.64. The number of amidine groups is 1. The van der Waals surface area contributed by atoms with Gasteiger partial charge in [0.2, 0.25) is 0 Å². The summed E-state index contributed by atoms with van der Waals surface area (Å²) < 4.78 is 0. The summed E-state index contributed by atoms with van der Waals surface area (Å²) in [7, 11) is 0. The summed E-state index contributed by atoms with van der Waals surface area (Å²) in [5.74, 6) is 0.719. The Morgan fingerprint density at radius 3 is 2.86 bits per heavy atom. The molecule has 0 spiro atoms. The van der Waals surface area contributed by atoms with Crippen molar-refractivity contribution in [2.75, 3.05) is 0 Å². The van der Waals surface area contributed by atoms with Gasteiger partial charge in [0.1, 0.15) is 5.84 Å². The van der Waals surface area contributed by atoms with E-state index in [4.69, 9.17) is 5.73 Å². The van der Waals surface area contributed by atoms with Gasteiger partial charge in [0.15, 0.2) is 0 Å². The summed E-state index contributed by atoms with van der Waals surface area (Å²) in [5, 5.41) is 2.53. The Morgan fingerprint density at radius 1 is 1.07 bits per heavy atom. The molecule has 0 radical (unpaired) electrons. The number of hydrogen-bond donors (Lipinski definition) is 1. The van der Waals surface area contributed by atoms with Crippen molar-refractivity contribution in [3.63, 3.8) is 0 Å². The molecule has 2 aromatic carbocycles. The highest BCUT2D eigenvalue weighted by Crippen LogP contribution is 2.32. The van der Waals surface area contributed by atoms with Gasteiger partial charge in [-0.15, -0.1) is 0 Å². The number of nitrogens with zero attached hydrogens (tertiary/aromatic N) is 1. The third kappa shape index (κ3) is 0.940. The highest BCUT2D eigenvalue weighted by Gasteiger charge is 2.14. The first-order chi connectivity index (χ1) is 6.84. The van der Waals surface area contributed by atoms with E-state index in [1.165, 1.54) is 16.3 Å². The van der Waals surface area contributed by atoms with Crippen molar-refractivity contribution in [2.45, 2.75) is 6.42 Å². The summed E-state index contributed by atoms with van der Waals surface area (Å²) in [6, 6.07) is 12.5. The van der Waals surface area contributed by atoms with E-state index in [1.807, 2.05) is 12.1 Å². The maximum absolute atomic E-state index is 5.73. The van der Waals surface area contributed by atoms with Gasteiger partial charge >= 0.3 is 0 Å². The van der Waals surface area contributed by atoms with E-state index in [-0.39, 0.29) is 0 Å². The molecular weight excluding hydrogens is 172 g/mol. The predicted molar refractivity (Wildman–Crippen MR) is 58.9 cm³/mol. The second-order valence-electron chi connectivity index (χ2n) is 3.56. The normalized spacial score (nSPS) is 14.1. The molecular formula is C12H10N2. The summed E-state index contributed by atoms with van der Waals surface area (Å²) in [5.41, 5.74) is 8.02. The highest BCUT2D eigenvalue weighted by atomic mass is 14.9. The lowest BCUT2D eigenvalue weighted by molar-refractivity contribution is 1.40. The molecule has 0 atom stereocenters. The van der Waals surface area contributed by atoms with Crippen LogP contribution < -0.4 is 5.73 Å². The van der Waals surface area contributed by atoms with Gasteiger partial charge in [0, 0.05) is 6.42 Å². The minimum absolute atomic E-state index is 0.719. The molecule has 2 aromatic rings. The molecule has 2 N–H and O–H groups in total. The molecule has 0 fully saturated rings. The van der Waals surface area contributed by atoms with Crippen molar-refractivity contribution in [3.05, 3.63) is 42.0 Å². The quantitative estimate of drug-likeness (QED) is 0.667. The Labute approximate surface area is 82.1 Å².